The number of methoxy groups -OCH3 is 1. The van der Waals surface area contributed by atoms with E-state index in [0.29, 0.717) is 5.56 Å². The maximum absolute atomic E-state index is 11.9. The monoisotopic (exact) mass is 244 g/mol. The van der Waals surface area contributed by atoms with E-state index in [0.717, 1.165) is 10.8 Å². The summed E-state index contributed by atoms with van der Waals surface area (Å²) in [4.78, 5) is 11.9. The van der Waals surface area contributed by atoms with Crippen LogP contribution in [0.15, 0.2) is 36.7 Å². The minimum atomic E-state index is -0.301. The van der Waals surface area contributed by atoms with Crippen LogP contribution in [0.4, 0.5) is 0 Å². The minimum absolute atomic E-state index is 0.0766. The van der Waals surface area contributed by atoms with Crippen molar-refractivity contribution in [3.63, 3.8) is 0 Å². The molecule has 1 aromatic carbocycles. The van der Waals surface area contributed by atoms with Crippen LogP contribution in [0.25, 0.3) is 10.8 Å². The molecule has 0 spiro atoms. The average Bonchev–Trinajstić information content (AvgIpc) is 2.35. The smallest absolute Gasteiger partial charge is 0.344 e. The fourth-order valence-electron chi connectivity index (χ4n) is 1.91. The van der Waals surface area contributed by atoms with Crippen molar-refractivity contribution in [2.45, 2.75) is 26.3 Å². The molecule has 0 bridgehead atoms. The number of fused-ring (bicyclic) bond motifs is 1. The lowest BCUT2D eigenvalue weighted by Gasteiger charge is -2.14. The van der Waals surface area contributed by atoms with Crippen LogP contribution in [0.1, 0.15) is 31.1 Å². The summed E-state index contributed by atoms with van der Waals surface area (Å²) in [6, 6.07) is 7.84. The normalized spacial score (nSPS) is 11.6. The second-order valence-corrected chi connectivity index (χ2v) is 5.33. The van der Waals surface area contributed by atoms with Gasteiger partial charge in [0.25, 0.3) is 0 Å². The van der Waals surface area contributed by atoms with Crippen molar-refractivity contribution in [3.05, 3.63) is 42.2 Å². The van der Waals surface area contributed by atoms with Crippen LogP contribution in [0, 0.1) is 0 Å². The van der Waals surface area contributed by atoms with E-state index in [4.69, 9.17) is 4.74 Å². The van der Waals surface area contributed by atoms with Gasteiger partial charge >= 0.3 is 5.97 Å². The first-order valence-corrected chi connectivity index (χ1v) is 5.96. The molecule has 0 saturated heterocycles. The minimum Gasteiger partial charge on any atom is -0.465 e. The molecule has 0 amide bonds. The number of hydrogen-bond donors (Lipinski definition) is 0. The fourth-order valence-corrected chi connectivity index (χ4v) is 1.91. The second kappa shape index (κ2) is 4.41. The first-order valence-electron chi connectivity index (χ1n) is 5.96. The van der Waals surface area contributed by atoms with E-state index in [2.05, 4.69) is 27.0 Å². The van der Waals surface area contributed by atoms with Gasteiger partial charge in [-0.2, -0.15) is 4.57 Å². The van der Waals surface area contributed by atoms with E-state index < -0.39 is 0 Å². The van der Waals surface area contributed by atoms with Gasteiger partial charge in [0.05, 0.1) is 7.11 Å². The van der Waals surface area contributed by atoms with Crippen LogP contribution in [0.2, 0.25) is 0 Å². The lowest BCUT2D eigenvalue weighted by atomic mass is 10.0. The summed E-state index contributed by atoms with van der Waals surface area (Å²) < 4.78 is 6.90. The molecule has 2 rings (SSSR count). The van der Waals surface area contributed by atoms with Gasteiger partial charge < -0.3 is 4.74 Å². The summed E-state index contributed by atoms with van der Waals surface area (Å²) >= 11 is 0. The highest BCUT2D eigenvalue weighted by Crippen LogP contribution is 2.18. The van der Waals surface area contributed by atoms with Crippen LogP contribution in [-0.2, 0) is 10.3 Å². The molecule has 3 heteroatoms. The molecular formula is C15H18NO2+. The summed E-state index contributed by atoms with van der Waals surface area (Å²) in [6.07, 6.45) is 3.91. The first-order chi connectivity index (χ1) is 8.43. The van der Waals surface area contributed by atoms with E-state index in [9.17, 15) is 4.79 Å². The fraction of sp³-hybridized carbons (Fsp3) is 0.333. The molecule has 3 nitrogen and oxygen atoms in total. The third-order valence-corrected chi connectivity index (χ3v) is 2.98. The van der Waals surface area contributed by atoms with Crippen molar-refractivity contribution in [1.29, 1.82) is 0 Å². The zero-order valence-electron chi connectivity index (χ0n) is 11.2. The molecule has 18 heavy (non-hydrogen) atoms. The highest BCUT2D eigenvalue weighted by atomic mass is 16.5. The number of pyridine rings is 1. The standard InChI is InChI=1S/C15H18NO2/c1-15(2,3)16-9-11-7-5-6-8-12(11)13(10-16)14(17)18-4/h5-10H,1-4H3/q+1. The predicted octanol–water partition coefficient (Wildman–Crippen LogP) is 2.67. The molecule has 94 valence electrons. The van der Waals surface area contributed by atoms with E-state index >= 15 is 0 Å². The van der Waals surface area contributed by atoms with Gasteiger partial charge in [0.1, 0.15) is 5.56 Å². The van der Waals surface area contributed by atoms with Gasteiger partial charge in [0, 0.05) is 31.5 Å². The summed E-state index contributed by atoms with van der Waals surface area (Å²) in [5.74, 6) is -0.301. The van der Waals surface area contributed by atoms with Crippen LogP contribution in [0.5, 0.6) is 0 Å². The maximum Gasteiger partial charge on any atom is 0.344 e. The Labute approximate surface area is 107 Å². The van der Waals surface area contributed by atoms with E-state index in [-0.39, 0.29) is 11.5 Å². The lowest BCUT2D eigenvalue weighted by Crippen LogP contribution is -2.50. The molecule has 0 atom stereocenters. The van der Waals surface area contributed by atoms with Crippen LogP contribution in [0.3, 0.4) is 0 Å². The zero-order valence-corrected chi connectivity index (χ0v) is 11.2. The SMILES string of the molecule is COC(=O)c1c[n+](C(C)(C)C)cc2ccccc12. The molecule has 0 saturated carbocycles. The summed E-state index contributed by atoms with van der Waals surface area (Å²) in [6.45, 7) is 6.30. The Hall–Kier alpha value is -1.90. The van der Waals surface area contributed by atoms with Crippen molar-refractivity contribution in [1.82, 2.24) is 0 Å². The topological polar surface area (TPSA) is 30.2 Å². The number of aromatic nitrogens is 1. The molecule has 0 aliphatic carbocycles. The van der Waals surface area contributed by atoms with Crippen molar-refractivity contribution >= 4 is 16.7 Å². The third-order valence-electron chi connectivity index (χ3n) is 2.98. The van der Waals surface area contributed by atoms with Crippen molar-refractivity contribution in [2.75, 3.05) is 7.11 Å². The van der Waals surface area contributed by atoms with Gasteiger partial charge in [-0.15, -0.1) is 0 Å². The molecule has 0 fully saturated rings. The molecule has 0 aliphatic rings. The van der Waals surface area contributed by atoms with Crippen molar-refractivity contribution in [3.8, 4) is 0 Å². The quantitative estimate of drug-likeness (QED) is 0.570. The predicted molar refractivity (Wildman–Crippen MR) is 70.5 cm³/mol. The maximum atomic E-state index is 11.9. The van der Waals surface area contributed by atoms with Crippen molar-refractivity contribution in [2.24, 2.45) is 0 Å². The Morgan fingerprint density at radius 1 is 1.17 bits per heavy atom. The molecule has 0 N–H and O–H groups in total. The average molecular weight is 244 g/mol. The van der Waals surface area contributed by atoms with Gasteiger partial charge in [-0.25, -0.2) is 4.79 Å². The molecule has 0 unspecified atom stereocenters. The van der Waals surface area contributed by atoms with Crippen molar-refractivity contribution < 1.29 is 14.1 Å². The molecular weight excluding hydrogens is 226 g/mol. The molecule has 0 aliphatic heterocycles. The molecule has 1 heterocycles. The Morgan fingerprint density at radius 2 is 1.83 bits per heavy atom. The zero-order chi connectivity index (χ0) is 13.3. The number of carbonyl (C=O) groups is 1. The van der Waals surface area contributed by atoms with Gasteiger partial charge in [0.2, 0.25) is 0 Å². The third kappa shape index (κ3) is 2.21. The summed E-state index contributed by atoms with van der Waals surface area (Å²) in [5.41, 5.74) is 0.526. The van der Waals surface area contributed by atoms with Gasteiger partial charge in [-0.1, -0.05) is 18.2 Å². The highest BCUT2D eigenvalue weighted by molar-refractivity contribution is 6.03. The van der Waals surface area contributed by atoms with E-state index in [1.54, 1.807) is 0 Å². The second-order valence-electron chi connectivity index (χ2n) is 5.33. The van der Waals surface area contributed by atoms with Gasteiger partial charge in [-0.3, -0.25) is 0 Å². The number of rotatable bonds is 1. The van der Waals surface area contributed by atoms with Crippen LogP contribution < -0.4 is 4.57 Å². The van der Waals surface area contributed by atoms with E-state index in [1.165, 1.54) is 7.11 Å². The number of ether oxygens (including phenoxy) is 1. The molecule has 1 aromatic heterocycles. The van der Waals surface area contributed by atoms with Gasteiger partial charge in [0.15, 0.2) is 17.9 Å². The molecule has 2 aromatic rings. The Balaban J connectivity index is 2.77. The summed E-state index contributed by atoms with van der Waals surface area (Å²) in [5, 5.41) is 1.96. The largest absolute Gasteiger partial charge is 0.465 e. The van der Waals surface area contributed by atoms with Crippen LogP contribution in [-0.4, -0.2) is 13.1 Å². The Bertz CT molecular complexity index is 597. The Kier molecular flexibility index (Phi) is 3.07. The number of hydrogen-bond acceptors (Lipinski definition) is 2. The first kappa shape index (κ1) is 12.6. The number of nitrogens with zero attached hydrogens (tertiary/aromatic N) is 1. The molecule has 0 radical (unpaired) electrons. The number of esters is 1. The van der Waals surface area contributed by atoms with E-state index in [1.807, 2.05) is 35.0 Å². The summed E-state index contributed by atoms with van der Waals surface area (Å²) in [7, 11) is 1.41. The Morgan fingerprint density at radius 3 is 2.44 bits per heavy atom. The number of carbonyl (C=O) groups excluding carboxylic acids is 1. The lowest BCUT2D eigenvalue weighted by molar-refractivity contribution is -0.753. The number of benzene rings is 1. The van der Waals surface area contributed by atoms with Gasteiger partial charge in [-0.05, 0) is 6.07 Å². The highest BCUT2D eigenvalue weighted by Gasteiger charge is 2.25. The van der Waals surface area contributed by atoms with Crippen LogP contribution >= 0.6 is 0 Å².